The maximum Gasteiger partial charge on any atom is 0.289 e. The number of aryl methyl sites for hydroxylation is 1. The number of nitrogens with zero attached hydrogens (tertiary/aromatic N) is 2. The number of amides is 1. The number of hydrogen-bond acceptors (Lipinski definition) is 5. The second-order valence-corrected chi connectivity index (χ2v) is 9.34. The molecule has 0 fully saturated rings. The van der Waals surface area contributed by atoms with Crippen molar-refractivity contribution in [2.75, 3.05) is 19.1 Å². The van der Waals surface area contributed by atoms with Gasteiger partial charge in [0.25, 0.3) is 5.91 Å². The minimum Gasteiger partial charge on any atom is -0.497 e. The van der Waals surface area contributed by atoms with E-state index in [0.29, 0.717) is 4.88 Å². The Balaban J connectivity index is 2.11. The minimum atomic E-state index is -0.206. The number of benzene rings is 1. The molecule has 1 amide bonds. The normalized spacial score (nSPS) is 12.0. The third-order valence-corrected chi connectivity index (χ3v) is 6.65. The number of methoxy groups -OCH3 is 1. The van der Waals surface area contributed by atoms with Crippen LogP contribution in [-0.4, -0.2) is 29.6 Å². The van der Waals surface area contributed by atoms with E-state index in [2.05, 4.69) is 31.7 Å². The van der Waals surface area contributed by atoms with Crippen LogP contribution in [0.2, 0.25) is 0 Å². The molecule has 24 heavy (non-hydrogen) atoms. The van der Waals surface area contributed by atoms with Crippen molar-refractivity contribution in [3.8, 4) is 5.75 Å². The Labute approximate surface area is 160 Å². The molecule has 126 valence electrons. The molecule has 8 heteroatoms. The van der Waals surface area contributed by atoms with E-state index in [-0.39, 0.29) is 5.91 Å². The molecule has 0 aliphatic rings. The van der Waals surface area contributed by atoms with E-state index in [4.69, 9.17) is 4.74 Å². The van der Waals surface area contributed by atoms with E-state index in [0.717, 1.165) is 36.9 Å². The Bertz CT molecular complexity index is 942. The number of thioether (sulfide) groups is 1. The lowest BCUT2D eigenvalue weighted by Gasteiger charge is -2.05. The molecular weight excluding hydrogens is 428 g/mol. The molecule has 0 aliphatic carbocycles. The smallest absolute Gasteiger partial charge is 0.289 e. The van der Waals surface area contributed by atoms with Gasteiger partial charge >= 0.3 is 0 Å². The highest BCUT2D eigenvalue weighted by atomic mass is 79.9. The van der Waals surface area contributed by atoms with Crippen LogP contribution < -0.4 is 9.54 Å². The lowest BCUT2D eigenvalue weighted by atomic mass is 10.3. The van der Waals surface area contributed by atoms with Crippen molar-refractivity contribution in [3.63, 3.8) is 0 Å². The number of hydrogen-bond donors (Lipinski definition) is 0. The second-order valence-electron chi connectivity index (χ2n) is 4.88. The Morgan fingerprint density at radius 3 is 2.83 bits per heavy atom. The third kappa shape index (κ3) is 3.77. The van der Waals surface area contributed by atoms with Gasteiger partial charge in [-0.2, -0.15) is 16.8 Å². The van der Waals surface area contributed by atoms with Crippen molar-refractivity contribution in [2.24, 2.45) is 4.99 Å². The first-order chi connectivity index (χ1) is 11.6. The number of carbonyl (C=O) groups is 1. The van der Waals surface area contributed by atoms with E-state index < -0.39 is 0 Å². The molecule has 0 atom stereocenters. The predicted octanol–water partition coefficient (Wildman–Crippen LogP) is 4.64. The van der Waals surface area contributed by atoms with Crippen molar-refractivity contribution in [1.82, 2.24) is 4.57 Å². The SMILES string of the molecule is COc1ccc2sc(=NC(=O)c3ccc(Br)s3)n(CCSC)c2c1. The monoisotopic (exact) mass is 442 g/mol. The molecule has 0 unspecified atom stereocenters. The number of thiophene rings is 1. The van der Waals surface area contributed by atoms with Gasteiger partial charge in [0.15, 0.2) is 4.80 Å². The molecule has 0 spiro atoms. The summed E-state index contributed by atoms with van der Waals surface area (Å²) in [4.78, 5) is 18.2. The van der Waals surface area contributed by atoms with Crippen molar-refractivity contribution >= 4 is 66.5 Å². The zero-order chi connectivity index (χ0) is 17.1. The highest BCUT2D eigenvalue weighted by Crippen LogP contribution is 2.24. The number of rotatable bonds is 5. The largest absolute Gasteiger partial charge is 0.497 e. The second kappa shape index (κ2) is 7.86. The number of halogens is 1. The van der Waals surface area contributed by atoms with E-state index in [9.17, 15) is 4.79 Å². The molecule has 1 aromatic carbocycles. The van der Waals surface area contributed by atoms with Crippen molar-refractivity contribution in [1.29, 1.82) is 0 Å². The zero-order valence-corrected chi connectivity index (χ0v) is 17.2. The first-order valence-corrected chi connectivity index (χ1v) is 10.9. The first-order valence-electron chi connectivity index (χ1n) is 7.13. The van der Waals surface area contributed by atoms with E-state index in [1.807, 2.05) is 24.3 Å². The number of fused-ring (bicyclic) bond motifs is 1. The zero-order valence-electron chi connectivity index (χ0n) is 13.1. The van der Waals surface area contributed by atoms with E-state index >= 15 is 0 Å². The molecule has 3 rings (SSSR count). The third-order valence-electron chi connectivity index (χ3n) is 3.39. The lowest BCUT2D eigenvalue weighted by molar-refractivity contribution is 0.100. The summed E-state index contributed by atoms with van der Waals surface area (Å²) in [6, 6.07) is 9.60. The average molecular weight is 443 g/mol. The fraction of sp³-hybridized carbons (Fsp3) is 0.250. The van der Waals surface area contributed by atoms with E-state index in [1.54, 1.807) is 24.9 Å². The highest BCUT2D eigenvalue weighted by molar-refractivity contribution is 9.11. The van der Waals surface area contributed by atoms with Crippen molar-refractivity contribution in [2.45, 2.75) is 6.54 Å². The number of ether oxygens (including phenoxy) is 1. The summed E-state index contributed by atoms with van der Waals surface area (Å²) in [5, 5.41) is 0. The molecule has 0 aliphatic heterocycles. The molecule has 0 N–H and O–H groups in total. The fourth-order valence-electron chi connectivity index (χ4n) is 2.23. The quantitative estimate of drug-likeness (QED) is 0.577. The highest BCUT2D eigenvalue weighted by Gasteiger charge is 2.11. The molecule has 0 bridgehead atoms. The topological polar surface area (TPSA) is 43.6 Å². The van der Waals surface area contributed by atoms with Crippen LogP contribution in [-0.2, 0) is 6.54 Å². The van der Waals surface area contributed by atoms with Gasteiger partial charge in [-0.25, -0.2) is 0 Å². The molecule has 4 nitrogen and oxygen atoms in total. The van der Waals surface area contributed by atoms with Crippen LogP contribution in [0, 0.1) is 0 Å². The van der Waals surface area contributed by atoms with Crippen LogP contribution in [0.4, 0.5) is 0 Å². The van der Waals surface area contributed by atoms with Gasteiger partial charge in [0.1, 0.15) is 5.75 Å². The molecule has 0 saturated heterocycles. The van der Waals surface area contributed by atoms with Crippen LogP contribution in [0.15, 0.2) is 39.1 Å². The Kier molecular flexibility index (Phi) is 5.80. The van der Waals surface area contributed by atoms with Gasteiger partial charge in [-0.3, -0.25) is 4.79 Å². The van der Waals surface area contributed by atoms with Gasteiger partial charge in [0.05, 0.1) is 26.0 Å². The molecule has 0 saturated carbocycles. The van der Waals surface area contributed by atoms with Crippen LogP contribution in [0.3, 0.4) is 0 Å². The average Bonchev–Trinajstić information content (AvgIpc) is 3.16. The molecule has 0 radical (unpaired) electrons. The van der Waals surface area contributed by atoms with Crippen LogP contribution >= 0.6 is 50.4 Å². The van der Waals surface area contributed by atoms with E-state index in [1.165, 1.54) is 22.7 Å². The molecule has 2 aromatic heterocycles. The summed E-state index contributed by atoms with van der Waals surface area (Å²) in [5.74, 6) is 1.55. The van der Waals surface area contributed by atoms with Crippen molar-refractivity contribution in [3.05, 3.63) is 43.8 Å². The summed E-state index contributed by atoms with van der Waals surface area (Å²) in [7, 11) is 1.66. The molecular formula is C16H15BrN2O2S3. The van der Waals surface area contributed by atoms with Gasteiger partial charge in [0.2, 0.25) is 0 Å². The maximum atomic E-state index is 12.4. The summed E-state index contributed by atoms with van der Waals surface area (Å²) in [6.07, 6.45) is 2.07. The summed E-state index contributed by atoms with van der Waals surface area (Å²) >= 11 is 8.07. The summed E-state index contributed by atoms with van der Waals surface area (Å²) in [6.45, 7) is 0.800. The Morgan fingerprint density at radius 2 is 2.17 bits per heavy atom. The van der Waals surface area contributed by atoms with Crippen LogP contribution in [0.25, 0.3) is 10.2 Å². The van der Waals surface area contributed by atoms with Gasteiger partial charge in [-0.05, 0) is 46.5 Å². The van der Waals surface area contributed by atoms with Gasteiger partial charge in [-0.15, -0.1) is 11.3 Å². The Morgan fingerprint density at radius 1 is 1.33 bits per heavy atom. The predicted molar refractivity (Wildman–Crippen MR) is 107 cm³/mol. The number of thiazole rings is 1. The van der Waals surface area contributed by atoms with Gasteiger partial charge in [0, 0.05) is 18.4 Å². The standard InChI is InChI=1S/C16H15BrN2O2S3/c1-21-10-3-4-12-11(9-10)19(7-8-22-2)16(24-12)18-15(20)13-5-6-14(17)23-13/h3-6,9H,7-8H2,1-2H3. The van der Waals surface area contributed by atoms with Gasteiger partial charge in [-0.1, -0.05) is 11.3 Å². The fourth-order valence-corrected chi connectivity index (χ4v) is 4.90. The summed E-state index contributed by atoms with van der Waals surface area (Å²) in [5.41, 5.74) is 1.05. The number of aromatic nitrogens is 1. The van der Waals surface area contributed by atoms with Crippen molar-refractivity contribution < 1.29 is 9.53 Å². The minimum absolute atomic E-state index is 0.206. The Hall–Kier alpha value is -1.09. The number of carbonyl (C=O) groups excluding carboxylic acids is 1. The molecule has 2 heterocycles. The maximum absolute atomic E-state index is 12.4. The van der Waals surface area contributed by atoms with Crippen LogP contribution in [0.5, 0.6) is 5.75 Å². The van der Waals surface area contributed by atoms with Crippen LogP contribution in [0.1, 0.15) is 9.67 Å². The lowest BCUT2D eigenvalue weighted by Crippen LogP contribution is -2.18. The first kappa shape index (κ1) is 17.7. The molecule has 3 aromatic rings. The van der Waals surface area contributed by atoms with Gasteiger partial charge < -0.3 is 9.30 Å². The summed E-state index contributed by atoms with van der Waals surface area (Å²) < 4.78 is 9.45.